The molecule has 0 radical (unpaired) electrons. The van der Waals surface area contributed by atoms with Crippen LogP contribution in [0.15, 0.2) is 24.3 Å². The van der Waals surface area contributed by atoms with Gasteiger partial charge in [0.25, 0.3) is 11.8 Å². The number of nitrogens with zero attached hydrogens (tertiary/aromatic N) is 2. The summed E-state index contributed by atoms with van der Waals surface area (Å²) in [7, 11) is 0. The highest BCUT2D eigenvalue weighted by Gasteiger charge is 2.36. The lowest BCUT2D eigenvalue weighted by atomic mass is 10.1. The predicted molar refractivity (Wildman–Crippen MR) is 80.5 cm³/mol. The molecule has 2 aliphatic heterocycles. The first kappa shape index (κ1) is 14.7. The summed E-state index contributed by atoms with van der Waals surface area (Å²) < 4.78 is 0. The van der Waals surface area contributed by atoms with Crippen LogP contribution in [0, 0.1) is 0 Å². The fourth-order valence-corrected chi connectivity index (χ4v) is 2.94. The van der Waals surface area contributed by atoms with Crippen molar-refractivity contribution in [3.05, 3.63) is 35.4 Å². The average molecular weight is 301 g/mol. The second kappa shape index (κ2) is 6.27. The third-order valence-corrected chi connectivity index (χ3v) is 4.13. The fourth-order valence-electron chi connectivity index (χ4n) is 2.94. The molecule has 0 aliphatic carbocycles. The molecule has 0 aromatic heterocycles. The maximum absolute atomic E-state index is 12.1. The van der Waals surface area contributed by atoms with Gasteiger partial charge >= 0.3 is 0 Å². The maximum Gasteiger partial charge on any atom is 0.262 e. The summed E-state index contributed by atoms with van der Waals surface area (Å²) in [6.07, 6.45) is 2.42. The molecule has 3 amide bonds. The highest BCUT2D eigenvalue weighted by atomic mass is 16.2. The van der Waals surface area contributed by atoms with Crippen LogP contribution in [-0.4, -0.2) is 60.2 Å². The summed E-state index contributed by atoms with van der Waals surface area (Å²) in [5, 5.41) is 2.78. The van der Waals surface area contributed by atoms with E-state index in [1.165, 1.54) is 12.8 Å². The van der Waals surface area contributed by atoms with Gasteiger partial charge in [0.05, 0.1) is 11.1 Å². The van der Waals surface area contributed by atoms with Gasteiger partial charge in [0.2, 0.25) is 5.91 Å². The van der Waals surface area contributed by atoms with E-state index in [9.17, 15) is 14.4 Å². The molecule has 1 fully saturated rings. The molecule has 6 nitrogen and oxygen atoms in total. The molecule has 1 aromatic rings. The van der Waals surface area contributed by atoms with Crippen molar-refractivity contribution >= 4 is 17.7 Å². The Hall–Kier alpha value is -2.21. The number of hydrogen-bond donors (Lipinski definition) is 1. The molecule has 1 saturated heterocycles. The van der Waals surface area contributed by atoms with Gasteiger partial charge in [-0.1, -0.05) is 12.1 Å². The maximum atomic E-state index is 12.1. The largest absolute Gasteiger partial charge is 0.353 e. The predicted octanol–water partition coefficient (Wildman–Crippen LogP) is 0.495. The third-order valence-electron chi connectivity index (χ3n) is 4.13. The summed E-state index contributed by atoms with van der Waals surface area (Å²) in [6, 6.07) is 6.65. The van der Waals surface area contributed by atoms with Crippen molar-refractivity contribution in [3.63, 3.8) is 0 Å². The summed E-state index contributed by atoms with van der Waals surface area (Å²) >= 11 is 0. The lowest BCUT2D eigenvalue weighted by molar-refractivity contribution is -0.121. The number of benzene rings is 1. The quantitative estimate of drug-likeness (QED) is 0.804. The zero-order valence-corrected chi connectivity index (χ0v) is 12.4. The zero-order valence-electron chi connectivity index (χ0n) is 12.4. The van der Waals surface area contributed by atoms with Crippen LogP contribution in [0.2, 0.25) is 0 Å². The molecule has 0 saturated carbocycles. The van der Waals surface area contributed by atoms with E-state index in [1.807, 2.05) is 0 Å². The van der Waals surface area contributed by atoms with E-state index in [2.05, 4.69) is 10.2 Å². The van der Waals surface area contributed by atoms with Gasteiger partial charge in [-0.15, -0.1) is 0 Å². The normalized spacial score (nSPS) is 17.9. The Morgan fingerprint density at radius 3 is 2.23 bits per heavy atom. The monoisotopic (exact) mass is 301 g/mol. The first-order valence-corrected chi connectivity index (χ1v) is 7.61. The number of hydrogen-bond acceptors (Lipinski definition) is 4. The molecule has 116 valence electrons. The number of nitrogens with one attached hydrogen (secondary N) is 1. The van der Waals surface area contributed by atoms with Crippen molar-refractivity contribution in [1.29, 1.82) is 0 Å². The van der Waals surface area contributed by atoms with Gasteiger partial charge in [0.15, 0.2) is 0 Å². The minimum absolute atomic E-state index is 0.216. The Morgan fingerprint density at radius 2 is 1.64 bits per heavy atom. The number of carbonyl (C=O) groups is 3. The van der Waals surface area contributed by atoms with Gasteiger partial charge < -0.3 is 10.2 Å². The van der Waals surface area contributed by atoms with Crippen LogP contribution in [0.1, 0.15) is 33.6 Å². The van der Waals surface area contributed by atoms with Crippen LogP contribution in [0.5, 0.6) is 0 Å². The molecule has 2 heterocycles. The summed E-state index contributed by atoms with van der Waals surface area (Å²) in [5.74, 6) is -1.08. The molecule has 6 heteroatoms. The zero-order chi connectivity index (χ0) is 15.5. The Kier molecular flexibility index (Phi) is 4.20. The molecule has 0 spiro atoms. The minimum Gasteiger partial charge on any atom is -0.353 e. The molecule has 0 bridgehead atoms. The van der Waals surface area contributed by atoms with Gasteiger partial charge in [-0.05, 0) is 38.1 Å². The first-order chi connectivity index (χ1) is 10.7. The van der Waals surface area contributed by atoms with Crippen molar-refractivity contribution in [1.82, 2.24) is 15.1 Å². The van der Waals surface area contributed by atoms with Gasteiger partial charge in [-0.2, -0.15) is 0 Å². The summed E-state index contributed by atoms with van der Waals surface area (Å²) in [6.45, 7) is 3.30. The van der Waals surface area contributed by atoms with E-state index in [4.69, 9.17) is 0 Å². The van der Waals surface area contributed by atoms with Gasteiger partial charge in [0.1, 0.15) is 6.54 Å². The number of likely N-dealkylation sites (tertiary alicyclic amines) is 1. The summed E-state index contributed by atoms with van der Waals surface area (Å²) in [4.78, 5) is 39.5. The van der Waals surface area contributed by atoms with Crippen molar-refractivity contribution in [2.24, 2.45) is 0 Å². The molecule has 2 aliphatic rings. The number of rotatable bonds is 5. The van der Waals surface area contributed by atoms with Crippen LogP contribution in [0.25, 0.3) is 0 Å². The van der Waals surface area contributed by atoms with Crippen LogP contribution in [-0.2, 0) is 4.79 Å². The Morgan fingerprint density at radius 1 is 1.05 bits per heavy atom. The number of imide groups is 1. The molecule has 0 unspecified atom stereocenters. The topological polar surface area (TPSA) is 69.7 Å². The van der Waals surface area contributed by atoms with Crippen molar-refractivity contribution in [2.45, 2.75) is 12.8 Å². The standard InChI is InChI=1S/C16H19N3O3/c20-14(17-7-10-18-8-3-4-9-18)11-19-15(21)12-5-1-2-6-13(12)16(19)22/h1-2,5-6H,3-4,7-11H2,(H,17,20). The molecule has 1 N–H and O–H groups in total. The van der Waals surface area contributed by atoms with E-state index in [-0.39, 0.29) is 12.5 Å². The number of amides is 3. The molecule has 22 heavy (non-hydrogen) atoms. The van der Waals surface area contributed by atoms with Crippen LogP contribution in [0.4, 0.5) is 0 Å². The smallest absolute Gasteiger partial charge is 0.262 e. The van der Waals surface area contributed by atoms with Gasteiger partial charge in [-0.25, -0.2) is 0 Å². The van der Waals surface area contributed by atoms with Crippen LogP contribution < -0.4 is 5.32 Å². The molecular weight excluding hydrogens is 282 g/mol. The van der Waals surface area contributed by atoms with E-state index in [1.54, 1.807) is 24.3 Å². The highest BCUT2D eigenvalue weighted by Crippen LogP contribution is 2.21. The highest BCUT2D eigenvalue weighted by molar-refractivity contribution is 6.22. The fraction of sp³-hybridized carbons (Fsp3) is 0.438. The average Bonchev–Trinajstić information content (AvgIpc) is 3.11. The van der Waals surface area contributed by atoms with E-state index < -0.39 is 11.8 Å². The van der Waals surface area contributed by atoms with Crippen LogP contribution in [0.3, 0.4) is 0 Å². The van der Waals surface area contributed by atoms with Crippen LogP contribution >= 0.6 is 0 Å². The molecule has 0 atom stereocenters. The Labute approximate surface area is 129 Å². The first-order valence-electron chi connectivity index (χ1n) is 7.61. The second-order valence-corrected chi connectivity index (χ2v) is 5.64. The minimum atomic E-state index is -0.393. The second-order valence-electron chi connectivity index (χ2n) is 5.64. The SMILES string of the molecule is O=C(CN1C(=O)c2ccccc2C1=O)NCCN1CCCC1. The van der Waals surface area contributed by atoms with Gasteiger partial charge in [0, 0.05) is 13.1 Å². The lowest BCUT2D eigenvalue weighted by Gasteiger charge is -2.16. The molecule has 3 rings (SSSR count). The Bertz CT molecular complexity index is 573. The molecular formula is C16H19N3O3. The Balaban J connectivity index is 1.52. The van der Waals surface area contributed by atoms with E-state index in [0.717, 1.165) is 24.5 Å². The van der Waals surface area contributed by atoms with Crippen molar-refractivity contribution in [2.75, 3.05) is 32.7 Å². The van der Waals surface area contributed by atoms with Crippen molar-refractivity contribution in [3.8, 4) is 0 Å². The van der Waals surface area contributed by atoms with Crippen molar-refractivity contribution < 1.29 is 14.4 Å². The van der Waals surface area contributed by atoms with Gasteiger partial charge in [-0.3, -0.25) is 19.3 Å². The van der Waals surface area contributed by atoms with E-state index >= 15 is 0 Å². The number of carbonyl (C=O) groups excluding carboxylic acids is 3. The summed E-state index contributed by atoms with van der Waals surface area (Å²) in [5.41, 5.74) is 0.745. The molecule has 1 aromatic carbocycles. The van der Waals surface area contributed by atoms with E-state index in [0.29, 0.717) is 17.7 Å². The lowest BCUT2D eigenvalue weighted by Crippen LogP contribution is -2.42. The number of fused-ring (bicyclic) bond motifs is 1. The third kappa shape index (κ3) is 2.87.